The topological polar surface area (TPSA) is 67.6 Å². The third kappa shape index (κ3) is 2.90. The molecular weight excluding hydrogens is 270 g/mol. The molecule has 1 aromatic heterocycles. The average molecular weight is 293 g/mol. The Bertz CT molecular complexity index is 490. The number of hydrogen-bond acceptors (Lipinski definition) is 6. The molecule has 0 saturated carbocycles. The molecule has 0 radical (unpaired) electrons. The number of anilines is 1. The van der Waals surface area contributed by atoms with Crippen LogP contribution in [-0.4, -0.2) is 42.2 Å². The second-order valence-electron chi connectivity index (χ2n) is 5.78. The number of piperidine rings is 1. The molecule has 21 heavy (non-hydrogen) atoms. The first kappa shape index (κ1) is 14.4. The molecule has 0 aliphatic carbocycles. The Balaban J connectivity index is 1.72. The molecule has 2 atom stereocenters. The third-order valence-electron chi connectivity index (χ3n) is 4.45. The molecule has 2 saturated heterocycles. The average Bonchev–Trinajstić information content (AvgIpc) is 3.07. The van der Waals surface area contributed by atoms with Crippen molar-refractivity contribution >= 4 is 12.0 Å². The molecule has 0 aromatic carbocycles. The molecule has 6 heteroatoms. The SMILES string of the molecule is CCOC(=O)c1coc(N(CC)C2CC3CCC(C2)N3)n1. The Morgan fingerprint density at radius 3 is 2.76 bits per heavy atom. The highest BCUT2D eigenvalue weighted by Gasteiger charge is 2.37. The van der Waals surface area contributed by atoms with Gasteiger partial charge in [0.1, 0.15) is 6.26 Å². The molecule has 2 aliphatic heterocycles. The number of carbonyl (C=O) groups excluding carboxylic acids is 1. The third-order valence-corrected chi connectivity index (χ3v) is 4.45. The van der Waals surface area contributed by atoms with Gasteiger partial charge >= 0.3 is 5.97 Å². The Labute approximate surface area is 124 Å². The van der Waals surface area contributed by atoms with Gasteiger partial charge in [0.2, 0.25) is 0 Å². The minimum absolute atomic E-state index is 0.252. The number of nitrogens with one attached hydrogen (secondary N) is 1. The summed E-state index contributed by atoms with van der Waals surface area (Å²) in [7, 11) is 0. The number of fused-ring (bicyclic) bond motifs is 2. The van der Waals surface area contributed by atoms with Crippen LogP contribution in [0.3, 0.4) is 0 Å². The molecule has 0 spiro atoms. The highest BCUT2D eigenvalue weighted by atomic mass is 16.5. The van der Waals surface area contributed by atoms with Crippen molar-refractivity contribution in [3.63, 3.8) is 0 Å². The summed E-state index contributed by atoms with van der Waals surface area (Å²) in [5.74, 6) is -0.422. The van der Waals surface area contributed by atoms with Crippen LogP contribution in [-0.2, 0) is 4.74 Å². The van der Waals surface area contributed by atoms with E-state index in [4.69, 9.17) is 9.15 Å². The first-order valence-electron chi connectivity index (χ1n) is 7.86. The van der Waals surface area contributed by atoms with Crippen LogP contribution in [0.1, 0.15) is 50.0 Å². The van der Waals surface area contributed by atoms with Crippen LogP contribution in [0.5, 0.6) is 0 Å². The van der Waals surface area contributed by atoms with Gasteiger partial charge in [0.05, 0.1) is 6.61 Å². The van der Waals surface area contributed by atoms with Gasteiger partial charge in [-0.25, -0.2) is 4.79 Å². The lowest BCUT2D eigenvalue weighted by Gasteiger charge is -2.36. The molecule has 2 bridgehead atoms. The Morgan fingerprint density at radius 1 is 1.43 bits per heavy atom. The maximum Gasteiger partial charge on any atom is 0.360 e. The summed E-state index contributed by atoms with van der Waals surface area (Å²) in [6.45, 7) is 5.04. The second kappa shape index (κ2) is 6.05. The summed E-state index contributed by atoms with van der Waals surface area (Å²) >= 11 is 0. The number of hydrogen-bond donors (Lipinski definition) is 1. The normalized spacial score (nSPS) is 27.6. The van der Waals surface area contributed by atoms with E-state index in [1.807, 2.05) is 0 Å². The quantitative estimate of drug-likeness (QED) is 0.837. The van der Waals surface area contributed by atoms with Gasteiger partial charge in [0, 0.05) is 24.7 Å². The van der Waals surface area contributed by atoms with Crippen LogP contribution < -0.4 is 10.2 Å². The maximum atomic E-state index is 11.7. The molecule has 3 rings (SSSR count). The van der Waals surface area contributed by atoms with E-state index in [2.05, 4.69) is 22.1 Å². The predicted octanol–water partition coefficient (Wildman–Crippen LogP) is 1.96. The van der Waals surface area contributed by atoms with Gasteiger partial charge in [-0.05, 0) is 39.5 Å². The number of oxazole rings is 1. The van der Waals surface area contributed by atoms with E-state index in [0.29, 0.717) is 30.7 Å². The van der Waals surface area contributed by atoms with E-state index < -0.39 is 5.97 Å². The second-order valence-corrected chi connectivity index (χ2v) is 5.78. The molecular formula is C15H23N3O3. The van der Waals surface area contributed by atoms with Gasteiger partial charge in [-0.15, -0.1) is 0 Å². The minimum atomic E-state index is -0.422. The summed E-state index contributed by atoms with van der Waals surface area (Å²) < 4.78 is 10.5. The fourth-order valence-corrected chi connectivity index (χ4v) is 3.53. The zero-order valence-corrected chi connectivity index (χ0v) is 12.7. The zero-order chi connectivity index (χ0) is 14.8. The lowest BCUT2D eigenvalue weighted by Crippen LogP contribution is -2.48. The number of rotatable bonds is 5. The van der Waals surface area contributed by atoms with Gasteiger partial charge in [-0.1, -0.05) is 0 Å². The Hall–Kier alpha value is -1.56. The van der Waals surface area contributed by atoms with E-state index in [9.17, 15) is 4.79 Å². The maximum absolute atomic E-state index is 11.7. The molecule has 1 N–H and O–H groups in total. The van der Waals surface area contributed by atoms with Crippen molar-refractivity contribution in [3.8, 4) is 0 Å². The van der Waals surface area contributed by atoms with E-state index in [-0.39, 0.29) is 5.69 Å². The van der Waals surface area contributed by atoms with Gasteiger partial charge in [-0.3, -0.25) is 0 Å². The van der Waals surface area contributed by atoms with Crippen molar-refractivity contribution in [2.24, 2.45) is 0 Å². The molecule has 1 aromatic rings. The van der Waals surface area contributed by atoms with Gasteiger partial charge in [0.25, 0.3) is 6.01 Å². The van der Waals surface area contributed by atoms with E-state index in [1.165, 1.54) is 19.1 Å². The van der Waals surface area contributed by atoms with Crippen molar-refractivity contribution in [1.29, 1.82) is 0 Å². The molecule has 0 amide bonds. The van der Waals surface area contributed by atoms with Crippen molar-refractivity contribution in [2.45, 2.75) is 57.7 Å². The van der Waals surface area contributed by atoms with Gasteiger partial charge in [0.15, 0.2) is 5.69 Å². The van der Waals surface area contributed by atoms with E-state index in [1.54, 1.807) is 6.92 Å². The Kier molecular flexibility index (Phi) is 4.14. The van der Waals surface area contributed by atoms with Crippen LogP contribution in [0.2, 0.25) is 0 Å². The lowest BCUT2D eigenvalue weighted by atomic mass is 9.98. The fourth-order valence-electron chi connectivity index (χ4n) is 3.53. The van der Waals surface area contributed by atoms with Crippen LogP contribution in [0.15, 0.2) is 10.7 Å². The highest BCUT2D eigenvalue weighted by molar-refractivity contribution is 5.87. The molecule has 6 nitrogen and oxygen atoms in total. The highest BCUT2D eigenvalue weighted by Crippen LogP contribution is 2.31. The van der Waals surface area contributed by atoms with Crippen molar-refractivity contribution in [3.05, 3.63) is 12.0 Å². The first-order chi connectivity index (χ1) is 10.2. The minimum Gasteiger partial charge on any atom is -0.461 e. The number of carbonyl (C=O) groups is 1. The monoisotopic (exact) mass is 293 g/mol. The molecule has 2 unspecified atom stereocenters. The number of nitrogens with zero attached hydrogens (tertiary/aromatic N) is 2. The molecule has 2 aliphatic rings. The molecule has 2 fully saturated rings. The van der Waals surface area contributed by atoms with Gasteiger partial charge < -0.3 is 19.4 Å². The summed E-state index contributed by atoms with van der Waals surface area (Å²) in [5.41, 5.74) is 0.252. The predicted molar refractivity (Wildman–Crippen MR) is 78.4 cm³/mol. The summed E-state index contributed by atoms with van der Waals surface area (Å²) in [6, 6.07) is 2.19. The Morgan fingerprint density at radius 2 is 2.14 bits per heavy atom. The van der Waals surface area contributed by atoms with Crippen LogP contribution in [0.4, 0.5) is 6.01 Å². The summed E-state index contributed by atoms with van der Waals surface area (Å²) in [6.07, 6.45) is 6.14. The van der Waals surface area contributed by atoms with Crippen LogP contribution in [0, 0.1) is 0 Å². The number of ether oxygens (including phenoxy) is 1. The summed E-state index contributed by atoms with van der Waals surface area (Å²) in [5, 5.41) is 3.64. The standard InChI is InChI=1S/C15H23N3O3/c1-3-18(12-7-10-5-6-11(8-12)16-10)15-17-13(9-21-15)14(19)20-4-2/h9-12,16H,3-8H2,1-2H3. The van der Waals surface area contributed by atoms with Crippen LogP contribution in [0.25, 0.3) is 0 Å². The van der Waals surface area contributed by atoms with Crippen molar-refractivity contribution in [2.75, 3.05) is 18.1 Å². The number of esters is 1. The zero-order valence-electron chi connectivity index (χ0n) is 12.7. The van der Waals surface area contributed by atoms with Crippen molar-refractivity contribution < 1.29 is 13.9 Å². The van der Waals surface area contributed by atoms with Crippen molar-refractivity contribution in [1.82, 2.24) is 10.3 Å². The molecule has 116 valence electrons. The largest absolute Gasteiger partial charge is 0.461 e. The number of aromatic nitrogens is 1. The lowest BCUT2D eigenvalue weighted by molar-refractivity contribution is 0.0519. The van der Waals surface area contributed by atoms with Crippen LogP contribution >= 0.6 is 0 Å². The van der Waals surface area contributed by atoms with Gasteiger partial charge in [-0.2, -0.15) is 4.98 Å². The van der Waals surface area contributed by atoms with E-state index >= 15 is 0 Å². The first-order valence-corrected chi connectivity index (χ1v) is 7.86. The fraction of sp³-hybridized carbons (Fsp3) is 0.733. The molecule has 3 heterocycles. The summed E-state index contributed by atoms with van der Waals surface area (Å²) in [4.78, 5) is 18.2. The van der Waals surface area contributed by atoms with E-state index in [0.717, 1.165) is 19.4 Å². The smallest absolute Gasteiger partial charge is 0.360 e.